The highest BCUT2D eigenvalue weighted by Crippen LogP contribution is 2.24. The highest BCUT2D eigenvalue weighted by molar-refractivity contribution is 5.54. The van der Waals surface area contributed by atoms with Crippen molar-refractivity contribution in [3.05, 3.63) is 36.2 Å². The van der Waals surface area contributed by atoms with Gasteiger partial charge in [-0.25, -0.2) is 4.98 Å². The zero-order valence-electron chi connectivity index (χ0n) is 17.8. The molecule has 0 radical (unpaired) electrons. The van der Waals surface area contributed by atoms with Crippen LogP contribution in [0.4, 0.5) is 0 Å². The number of oxazole rings is 1. The molecule has 2 aliphatic heterocycles. The van der Waals surface area contributed by atoms with E-state index in [9.17, 15) is 0 Å². The lowest BCUT2D eigenvalue weighted by molar-refractivity contribution is 0.240. The van der Waals surface area contributed by atoms with Gasteiger partial charge in [0.1, 0.15) is 12.0 Å². The lowest BCUT2D eigenvalue weighted by atomic mass is 10.2. The molecular weight excluding hydrogens is 362 g/mol. The lowest BCUT2D eigenvalue weighted by Gasteiger charge is -2.19. The van der Waals surface area contributed by atoms with Crippen molar-refractivity contribution in [1.82, 2.24) is 14.8 Å². The second-order valence-corrected chi connectivity index (χ2v) is 8.59. The van der Waals surface area contributed by atoms with Gasteiger partial charge in [-0.1, -0.05) is 12.8 Å². The summed E-state index contributed by atoms with van der Waals surface area (Å²) in [4.78, 5) is 9.75. The molecule has 1 aromatic heterocycles. The maximum atomic E-state index is 5.94. The third-order valence-electron chi connectivity index (χ3n) is 6.29. The molecule has 1 aromatic carbocycles. The summed E-state index contributed by atoms with van der Waals surface area (Å²) in [6, 6.07) is 8.77. The number of benzene rings is 1. The molecule has 4 rings (SSSR count). The Kier molecular flexibility index (Phi) is 7.23. The van der Waals surface area contributed by atoms with Crippen LogP contribution >= 0.6 is 0 Å². The van der Waals surface area contributed by atoms with E-state index >= 15 is 0 Å². The molecule has 0 N–H and O–H groups in total. The van der Waals surface area contributed by atoms with Gasteiger partial charge >= 0.3 is 0 Å². The normalized spacial score (nSPS) is 21.3. The highest BCUT2D eigenvalue weighted by atomic mass is 16.5. The smallest absolute Gasteiger partial charge is 0.226 e. The average Bonchev–Trinajstić information content (AvgIpc) is 3.28. The van der Waals surface area contributed by atoms with E-state index in [0.29, 0.717) is 11.9 Å². The van der Waals surface area contributed by atoms with Gasteiger partial charge in [0.2, 0.25) is 5.89 Å². The van der Waals surface area contributed by atoms with Crippen LogP contribution < -0.4 is 4.74 Å². The predicted molar refractivity (Wildman–Crippen MR) is 116 cm³/mol. The Morgan fingerprint density at radius 3 is 2.55 bits per heavy atom. The van der Waals surface area contributed by atoms with E-state index in [-0.39, 0.29) is 0 Å². The van der Waals surface area contributed by atoms with Gasteiger partial charge in [-0.3, -0.25) is 4.90 Å². The van der Waals surface area contributed by atoms with Crippen molar-refractivity contribution in [3.63, 3.8) is 0 Å². The summed E-state index contributed by atoms with van der Waals surface area (Å²) in [5, 5.41) is 0. The standard InChI is InChI=1S/C24H35N3O2/c1-20-8-6-16-27(20)18-22-19-29-24(25-22)21-9-11-23(12-10-21)28-17-7-15-26-13-4-2-3-5-14-26/h9-12,19-20H,2-8,13-18H2,1H3. The van der Waals surface area contributed by atoms with Crippen molar-refractivity contribution < 1.29 is 9.15 Å². The Hall–Kier alpha value is -1.85. The lowest BCUT2D eigenvalue weighted by Crippen LogP contribution is -2.26. The van der Waals surface area contributed by atoms with Crippen LogP contribution in [-0.4, -0.2) is 53.6 Å². The first-order valence-electron chi connectivity index (χ1n) is 11.4. The monoisotopic (exact) mass is 397 g/mol. The topological polar surface area (TPSA) is 41.7 Å². The van der Waals surface area contributed by atoms with E-state index in [2.05, 4.69) is 21.7 Å². The van der Waals surface area contributed by atoms with E-state index in [1.807, 2.05) is 24.3 Å². The third-order valence-corrected chi connectivity index (χ3v) is 6.29. The summed E-state index contributed by atoms with van der Waals surface area (Å²) >= 11 is 0. The summed E-state index contributed by atoms with van der Waals surface area (Å²) in [6.07, 6.45) is 10.9. The molecule has 2 saturated heterocycles. The Morgan fingerprint density at radius 1 is 1.03 bits per heavy atom. The van der Waals surface area contributed by atoms with Crippen molar-refractivity contribution in [1.29, 1.82) is 0 Å². The molecule has 5 nitrogen and oxygen atoms in total. The van der Waals surface area contributed by atoms with Crippen LogP contribution in [0.25, 0.3) is 11.5 Å². The van der Waals surface area contributed by atoms with E-state index in [1.165, 1.54) is 51.6 Å². The summed E-state index contributed by atoms with van der Waals surface area (Å²) in [6.45, 7) is 8.75. The van der Waals surface area contributed by atoms with Gasteiger partial charge in [-0.2, -0.15) is 0 Å². The molecule has 0 amide bonds. The van der Waals surface area contributed by atoms with Gasteiger partial charge in [0.15, 0.2) is 0 Å². The van der Waals surface area contributed by atoms with Crippen LogP contribution in [0.5, 0.6) is 5.75 Å². The minimum Gasteiger partial charge on any atom is -0.494 e. The molecular formula is C24H35N3O2. The fourth-order valence-electron chi connectivity index (χ4n) is 4.48. The van der Waals surface area contributed by atoms with Crippen LogP contribution in [-0.2, 0) is 6.54 Å². The first-order valence-corrected chi connectivity index (χ1v) is 11.4. The summed E-state index contributed by atoms with van der Waals surface area (Å²) < 4.78 is 11.7. The molecule has 5 heteroatoms. The van der Waals surface area contributed by atoms with E-state index in [0.717, 1.165) is 49.7 Å². The van der Waals surface area contributed by atoms with E-state index < -0.39 is 0 Å². The predicted octanol–water partition coefficient (Wildman–Crippen LogP) is 4.97. The number of ether oxygens (including phenoxy) is 1. The summed E-state index contributed by atoms with van der Waals surface area (Å²) in [5.41, 5.74) is 2.02. The average molecular weight is 398 g/mol. The van der Waals surface area contributed by atoms with Gasteiger partial charge in [0, 0.05) is 24.7 Å². The number of aromatic nitrogens is 1. The first kappa shape index (κ1) is 20.4. The van der Waals surface area contributed by atoms with Gasteiger partial charge < -0.3 is 14.1 Å². The number of hydrogen-bond donors (Lipinski definition) is 0. The molecule has 0 bridgehead atoms. The second kappa shape index (κ2) is 10.3. The highest BCUT2D eigenvalue weighted by Gasteiger charge is 2.21. The van der Waals surface area contributed by atoms with Crippen molar-refractivity contribution in [2.75, 3.05) is 32.8 Å². The third kappa shape index (κ3) is 5.83. The van der Waals surface area contributed by atoms with Gasteiger partial charge in [-0.15, -0.1) is 0 Å². The van der Waals surface area contributed by atoms with Gasteiger partial charge in [0.25, 0.3) is 0 Å². The molecule has 1 unspecified atom stereocenters. The van der Waals surface area contributed by atoms with Crippen molar-refractivity contribution in [2.45, 2.75) is 64.5 Å². The van der Waals surface area contributed by atoms with Gasteiger partial charge in [0.05, 0.1) is 12.3 Å². The first-order chi connectivity index (χ1) is 14.3. The molecule has 2 aliphatic rings. The van der Waals surface area contributed by atoms with Gasteiger partial charge in [-0.05, 0) is 82.9 Å². The Morgan fingerprint density at radius 2 is 1.83 bits per heavy atom. The van der Waals surface area contributed by atoms with Crippen LogP contribution in [0.1, 0.15) is 57.6 Å². The number of likely N-dealkylation sites (tertiary alicyclic amines) is 2. The largest absolute Gasteiger partial charge is 0.494 e. The minimum absolute atomic E-state index is 0.644. The quantitative estimate of drug-likeness (QED) is 0.588. The molecule has 2 fully saturated rings. The second-order valence-electron chi connectivity index (χ2n) is 8.59. The molecule has 158 valence electrons. The van der Waals surface area contributed by atoms with E-state index in [4.69, 9.17) is 9.15 Å². The van der Waals surface area contributed by atoms with Crippen LogP contribution in [0.2, 0.25) is 0 Å². The van der Waals surface area contributed by atoms with E-state index in [1.54, 1.807) is 6.26 Å². The molecule has 1 atom stereocenters. The Labute approximate surface area is 175 Å². The molecule has 2 aromatic rings. The summed E-state index contributed by atoms with van der Waals surface area (Å²) in [5.74, 6) is 1.61. The number of rotatable bonds is 8. The molecule has 0 spiro atoms. The fourth-order valence-corrected chi connectivity index (χ4v) is 4.48. The zero-order chi connectivity index (χ0) is 19.9. The van der Waals surface area contributed by atoms with Crippen molar-refractivity contribution >= 4 is 0 Å². The Balaban J connectivity index is 1.22. The zero-order valence-corrected chi connectivity index (χ0v) is 17.8. The number of nitrogens with zero attached hydrogens (tertiary/aromatic N) is 3. The fraction of sp³-hybridized carbons (Fsp3) is 0.625. The molecule has 29 heavy (non-hydrogen) atoms. The number of hydrogen-bond acceptors (Lipinski definition) is 5. The summed E-state index contributed by atoms with van der Waals surface area (Å²) in [7, 11) is 0. The minimum atomic E-state index is 0.644. The molecule has 3 heterocycles. The molecule has 0 saturated carbocycles. The SMILES string of the molecule is CC1CCCN1Cc1coc(-c2ccc(OCCCN3CCCCCC3)cc2)n1. The maximum absolute atomic E-state index is 5.94. The van der Waals surface area contributed by atoms with Crippen LogP contribution in [0.3, 0.4) is 0 Å². The Bertz CT molecular complexity index is 735. The van der Waals surface area contributed by atoms with Crippen molar-refractivity contribution in [3.8, 4) is 17.2 Å². The van der Waals surface area contributed by atoms with Crippen LogP contribution in [0.15, 0.2) is 34.9 Å². The van der Waals surface area contributed by atoms with Crippen LogP contribution in [0, 0.1) is 0 Å². The molecule has 0 aliphatic carbocycles. The van der Waals surface area contributed by atoms with Crippen molar-refractivity contribution in [2.24, 2.45) is 0 Å². The maximum Gasteiger partial charge on any atom is 0.226 e.